The van der Waals surface area contributed by atoms with Crippen LogP contribution >= 0.6 is 15.9 Å². The molecule has 1 aromatic carbocycles. The van der Waals surface area contributed by atoms with E-state index in [-0.39, 0.29) is 0 Å². The van der Waals surface area contributed by atoms with Crippen molar-refractivity contribution in [3.63, 3.8) is 0 Å². The quantitative estimate of drug-likeness (QED) is 0.718. The van der Waals surface area contributed by atoms with Crippen LogP contribution in [0.5, 0.6) is 0 Å². The van der Waals surface area contributed by atoms with E-state index >= 15 is 0 Å². The first-order valence-corrected chi connectivity index (χ1v) is 4.57. The van der Waals surface area contributed by atoms with Crippen molar-refractivity contribution < 1.29 is 0 Å². The van der Waals surface area contributed by atoms with E-state index in [0.717, 1.165) is 10.0 Å². The van der Waals surface area contributed by atoms with Gasteiger partial charge in [0.2, 0.25) is 0 Å². The molecule has 0 aliphatic carbocycles. The Kier molecular flexibility index (Phi) is 2.88. The van der Waals surface area contributed by atoms with Gasteiger partial charge in [-0.25, -0.2) is 0 Å². The molecule has 0 bridgehead atoms. The van der Waals surface area contributed by atoms with Crippen LogP contribution in [0.3, 0.4) is 0 Å². The number of aryl methyl sites for hydroxylation is 2. The maximum absolute atomic E-state index is 8.53. The summed E-state index contributed by atoms with van der Waals surface area (Å²) in [5, 5.41) is 8.53. The molecule has 1 aromatic rings. The lowest BCUT2D eigenvalue weighted by Crippen LogP contribution is -1.88. The first-order chi connectivity index (χ1) is 5.65. The van der Waals surface area contributed by atoms with E-state index in [9.17, 15) is 0 Å². The highest BCUT2D eigenvalue weighted by Gasteiger charge is 2.01. The molecule has 0 heterocycles. The van der Waals surface area contributed by atoms with Gasteiger partial charge in [-0.15, -0.1) is 0 Å². The normalized spacial score (nSPS) is 9.50. The lowest BCUT2D eigenvalue weighted by atomic mass is 10.1. The SMILES string of the molecule is Cc1cc(Br)c(CC#N)cc1C. The molecule has 0 radical (unpaired) electrons. The molecule has 12 heavy (non-hydrogen) atoms. The third kappa shape index (κ3) is 1.86. The van der Waals surface area contributed by atoms with Gasteiger partial charge in [0.1, 0.15) is 0 Å². The molecule has 0 fully saturated rings. The molecular formula is C10H10BrN. The van der Waals surface area contributed by atoms with Gasteiger partial charge in [-0.3, -0.25) is 0 Å². The van der Waals surface area contributed by atoms with Gasteiger partial charge in [0.15, 0.2) is 0 Å². The molecule has 1 nitrogen and oxygen atoms in total. The average Bonchev–Trinajstić information content (AvgIpc) is 2.01. The minimum Gasteiger partial charge on any atom is -0.198 e. The molecule has 0 aliphatic rings. The zero-order chi connectivity index (χ0) is 9.14. The zero-order valence-corrected chi connectivity index (χ0v) is 8.77. The highest BCUT2D eigenvalue weighted by atomic mass is 79.9. The smallest absolute Gasteiger partial charge is 0.0670 e. The van der Waals surface area contributed by atoms with Crippen LogP contribution in [0.2, 0.25) is 0 Å². The van der Waals surface area contributed by atoms with Gasteiger partial charge in [-0.05, 0) is 36.6 Å². The summed E-state index contributed by atoms with van der Waals surface area (Å²) in [5.41, 5.74) is 3.56. The highest BCUT2D eigenvalue weighted by Crippen LogP contribution is 2.21. The van der Waals surface area contributed by atoms with E-state index in [1.165, 1.54) is 11.1 Å². The summed E-state index contributed by atoms with van der Waals surface area (Å²) in [6.45, 7) is 4.12. The molecule has 0 aromatic heterocycles. The topological polar surface area (TPSA) is 23.8 Å². The maximum atomic E-state index is 8.53. The van der Waals surface area contributed by atoms with Crippen LogP contribution in [0.15, 0.2) is 16.6 Å². The van der Waals surface area contributed by atoms with Crippen molar-refractivity contribution in [1.82, 2.24) is 0 Å². The lowest BCUT2D eigenvalue weighted by Gasteiger charge is -2.04. The lowest BCUT2D eigenvalue weighted by molar-refractivity contribution is 1.20. The molecule has 0 spiro atoms. The maximum Gasteiger partial charge on any atom is 0.0670 e. The van der Waals surface area contributed by atoms with Crippen LogP contribution in [0.4, 0.5) is 0 Å². The zero-order valence-electron chi connectivity index (χ0n) is 7.19. The minimum atomic E-state index is 0.474. The molecule has 0 N–H and O–H groups in total. The van der Waals surface area contributed by atoms with Crippen molar-refractivity contribution >= 4 is 15.9 Å². The van der Waals surface area contributed by atoms with E-state index in [1.54, 1.807) is 0 Å². The Bertz CT molecular complexity index is 336. The molecule has 0 saturated carbocycles. The number of nitrogens with zero attached hydrogens (tertiary/aromatic N) is 1. The van der Waals surface area contributed by atoms with Gasteiger partial charge >= 0.3 is 0 Å². The summed E-state index contributed by atoms with van der Waals surface area (Å²) in [5.74, 6) is 0. The van der Waals surface area contributed by atoms with Crippen molar-refractivity contribution in [3.8, 4) is 6.07 Å². The van der Waals surface area contributed by atoms with Gasteiger partial charge in [0, 0.05) is 4.47 Å². The Balaban J connectivity index is 3.16. The van der Waals surface area contributed by atoms with E-state index < -0.39 is 0 Å². The average molecular weight is 224 g/mol. The van der Waals surface area contributed by atoms with Crippen LogP contribution in [0.25, 0.3) is 0 Å². The van der Waals surface area contributed by atoms with Crippen molar-refractivity contribution in [1.29, 1.82) is 5.26 Å². The fourth-order valence-corrected chi connectivity index (χ4v) is 1.66. The molecule has 1 rings (SSSR count). The van der Waals surface area contributed by atoms with Crippen LogP contribution in [-0.2, 0) is 6.42 Å². The Morgan fingerprint density at radius 2 is 1.92 bits per heavy atom. The molecule has 0 unspecified atom stereocenters. The van der Waals surface area contributed by atoms with E-state index in [0.29, 0.717) is 6.42 Å². The molecule has 0 aliphatic heterocycles. The summed E-state index contributed by atoms with van der Waals surface area (Å²) in [6.07, 6.45) is 0.474. The second-order valence-corrected chi connectivity index (χ2v) is 3.72. The summed E-state index contributed by atoms with van der Waals surface area (Å²) in [4.78, 5) is 0. The molecule has 0 amide bonds. The Hall–Kier alpha value is -0.810. The molecular weight excluding hydrogens is 214 g/mol. The second kappa shape index (κ2) is 3.73. The monoisotopic (exact) mass is 223 g/mol. The van der Waals surface area contributed by atoms with E-state index in [2.05, 4.69) is 48.0 Å². The number of benzene rings is 1. The van der Waals surface area contributed by atoms with Crippen LogP contribution in [0, 0.1) is 25.2 Å². The number of rotatable bonds is 1. The van der Waals surface area contributed by atoms with Gasteiger partial charge in [-0.1, -0.05) is 22.0 Å². The molecule has 0 saturated heterocycles. The summed E-state index contributed by atoms with van der Waals surface area (Å²) in [7, 11) is 0. The second-order valence-electron chi connectivity index (χ2n) is 2.86. The van der Waals surface area contributed by atoms with Gasteiger partial charge in [-0.2, -0.15) is 5.26 Å². The summed E-state index contributed by atoms with van der Waals surface area (Å²) in [6, 6.07) is 6.26. The fourth-order valence-electron chi connectivity index (χ4n) is 1.06. The van der Waals surface area contributed by atoms with Crippen LogP contribution in [0.1, 0.15) is 16.7 Å². The van der Waals surface area contributed by atoms with Gasteiger partial charge in [0.25, 0.3) is 0 Å². The molecule has 62 valence electrons. The predicted octanol–water partition coefficient (Wildman–Crippen LogP) is 3.13. The van der Waals surface area contributed by atoms with Gasteiger partial charge < -0.3 is 0 Å². The minimum absolute atomic E-state index is 0.474. The largest absolute Gasteiger partial charge is 0.198 e. The van der Waals surface area contributed by atoms with Crippen molar-refractivity contribution in [2.24, 2.45) is 0 Å². The third-order valence-electron chi connectivity index (χ3n) is 1.93. The molecule has 0 atom stereocenters. The number of hydrogen-bond acceptors (Lipinski definition) is 1. The Labute approximate surface area is 81.2 Å². The van der Waals surface area contributed by atoms with Crippen LogP contribution in [-0.4, -0.2) is 0 Å². The number of hydrogen-bond donors (Lipinski definition) is 0. The number of halogens is 1. The third-order valence-corrected chi connectivity index (χ3v) is 2.67. The fraction of sp³-hybridized carbons (Fsp3) is 0.300. The highest BCUT2D eigenvalue weighted by molar-refractivity contribution is 9.10. The van der Waals surface area contributed by atoms with Crippen molar-refractivity contribution in [3.05, 3.63) is 33.3 Å². The standard InChI is InChI=1S/C10H10BrN/c1-7-5-9(3-4-12)10(11)6-8(7)2/h5-6H,3H2,1-2H3. The van der Waals surface area contributed by atoms with Gasteiger partial charge in [0.05, 0.1) is 12.5 Å². The van der Waals surface area contributed by atoms with Crippen LogP contribution < -0.4 is 0 Å². The van der Waals surface area contributed by atoms with E-state index in [1.807, 2.05) is 0 Å². The Morgan fingerprint density at radius 1 is 1.33 bits per heavy atom. The van der Waals surface area contributed by atoms with Crippen molar-refractivity contribution in [2.45, 2.75) is 20.3 Å². The number of nitriles is 1. The van der Waals surface area contributed by atoms with Crippen molar-refractivity contribution in [2.75, 3.05) is 0 Å². The Morgan fingerprint density at radius 3 is 2.50 bits per heavy atom. The first-order valence-electron chi connectivity index (χ1n) is 3.77. The first kappa shape index (κ1) is 9.28. The summed E-state index contributed by atoms with van der Waals surface area (Å²) >= 11 is 3.43. The van der Waals surface area contributed by atoms with E-state index in [4.69, 9.17) is 5.26 Å². The molecule has 2 heteroatoms. The summed E-state index contributed by atoms with van der Waals surface area (Å²) < 4.78 is 1.03. The predicted molar refractivity (Wildman–Crippen MR) is 52.9 cm³/mol.